The molecule has 0 aliphatic heterocycles. The summed E-state index contributed by atoms with van der Waals surface area (Å²) in [6.07, 6.45) is 0.134. The minimum absolute atomic E-state index is 0.134. The molecular formula is C14H15NO3S. The van der Waals surface area contributed by atoms with Crippen LogP contribution in [0.25, 0.3) is 10.9 Å². The minimum atomic E-state index is -0.789. The van der Waals surface area contributed by atoms with Crippen molar-refractivity contribution in [3.05, 3.63) is 29.8 Å². The molecular weight excluding hydrogens is 262 g/mol. The number of nitrogens with zero attached hydrogens (tertiary/aromatic N) is 1. The summed E-state index contributed by atoms with van der Waals surface area (Å²) in [4.78, 5) is 15.1. The van der Waals surface area contributed by atoms with Crippen LogP contribution < -0.4 is 4.74 Å². The van der Waals surface area contributed by atoms with Gasteiger partial charge in [0.1, 0.15) is 11.3 Å². The van der Waals surface area contributed by atoms with Gasteiger partial charge in [-0.3, -0.25) is 4.79 Å². The first kappa shape index (κ1) is 13.7. The van der Waals surface area contributed by atoms with Crippen LogP contribution in [-0.2, 0) is 4.79 Å². The maximum Gasteiger partial charge on any atom is 0.304 e. The summed E-state index contributed by atoms with van der Waals surface area (Å²) in [6.45, 7) is 2.02. The van der Waals surface area contributed by atoms with E-state index in [1.54, 1.807) is 7.11 Å². The molecule has 1 aromatic heterocycles. The summed E-state index contributed by atoms with van der Waals surface area (Å²) in [5, 5.41) is 10.5. The summed E-state index contributed by atoms with van der Waals surface area (Å²) in [5.74, 6) is 0.464. The average Bonchev–Trinajstić information content (AvgIpc) is 2.38. The highest BCUT2D eigenvalue weighted by Crippen LogP contribution is 2.29. The minimum Gasteiger partial charge on any atom is -0.494 e. The third-order valence-electron chi connectivity index (χ3n) is 2.77. The van der Waals surface area contributed by atoms with Crippen LogP contribution in [0, 0.1) is 6.92 Å². The quantitative estimate of drug-likeness (QED) is 0.851. The molecule has 19 heavy (non-hydrogen) atoms. The number of aromatic nitrogens is 1. The molecule has 2 rings (SSSR count). The van der Waals surface area contributed by atoms with E-state index < -0.39 is 5.97 Å². The third kappa shape index (κ3) is 3.17. The Hall–Kier alpha value is -1.75. The Kier molecular flexibility index (Phi) is 4.27. The van der Waals surface area contributed by atoms with Crippen molar-refractivity contribution >= 4 is 28.6 Å². The number of thioether (sulfide) groups is 1. The second-order valence-electron chi connectivity index (χ2n) is 4.13. The van der Waals surface area contributed by atoms with Gasteiger partial charge in [-0.25, -0.2) is 4.98 Å². The van der Waals surface area contributed by atoms with Gasteiger partial charge in [-0.2, -0.15) is 0 Å². The lowest BCUT2D eigenvalue weighted by molar-refractivity contribution is -0.136. The van der Waals surface area contributed by atoms with Crippen LogP contribution in [0.4, 0.5) is 0 Å². The van der Waals surface area contributed by atoms with E-state index in [0.717, 1.165) is 27.2 Å². The number of hydrogen-bond acceptors (Lipinski definition) is 4. The van der Waals surface area contributed by atoms with Gasteiger partial charge in [-0.05, 0) is 24.6 Å². The molecule has 0 fully saturated rings. The molecule has 1 N–H and O–H groups in total. The Bertz CT molecular complexity index is 613. The molecule has 0 saturated heterocycles. The van der Waals surface area contributed by atoms with Gasteiger partial charge in [0.15, 0.2) is 0 Å². The topological polar surface area (TPSA) is 59.4 Å². The van der Waals surface area contributed by atoms with Gasteiger partial charge < -0.3 is 9.84 Å². The smallest absolute Gasteiger partial charge is 0.304 e. The van der Waals surface area contributed by atoms with Crippen molar-refractivity contribution in [3.63, 3.8) is 0 Å². The Morgan fingerprint density at radius 3 is 2.95 bits per heavy atom. The standard InChI is InChI=1S/C14H15NO3S/c1-9-8-12(19-7-6-13(16)17)15-14-10(9)4-3-5-11(14)18-2/h3-5,8H,6-7H2,1-2H3,(H,16,17). The van der Waals surface area contributed by atoms with E-state index in [9.17, 15) is 4.79 Å². The van der Waals surface area contributed by atoms with Gasteiger partial charge in [0, 0.05) is 11.1 Å². The van der Waals surface area contributed by atoms with E-state index in [4.69, 9.17) is 9.84 Å². The van der Waals surface area contributed by atoms with E-state index >= 15 is 0 Å². The second kappa shape index (κ2) is 5.93. The highest BCUT2D eigenvalue weighted by Gasteiger charge is 2.08. The molecule has 0 atom stereocenters. The van der Waals surface area contributed by atoms with Crippen molar-refractivity contribution in [1.82, 2.24) is 4.98 Å². The summed E-state index contributed by atoms with van der Waals surface area (Å²) in [7, 11) is 1.62. The Morgan fingerprint density at radius 2 is 2.26 bits per heavy atom. The Labute approximate surface area is 115 Å². The van der Waals surface area contributed by atoms with Crippen molar-refractivity contribution in [3.8, 4) is 5.75 Å². The number of pyridine rings is 1. The van der Waals surface area contributed by atoms with Crippen LogP contribution >= 0.6 is 11.8 Å². The lowest BCUT2D eigenvalue weighted by Crippen LogP contribution is -1.97. The van der Waals surface area contributed by atoms with E-state index in [2.05, 4.69) is 4.98 Å². The van der Waals surface area contributed by atoms with E-state index in [1.807, 2.05) is 31.2 Å². The number of para-hydroxylation sites is 1. The van der Waals surface area contributed by atoms with E-state index in [-0.39, 0.29) is 6.42 Å². The normalized spacial score (nSPS) is 10.6. The van der Waals surface area contributed by atoms with E-state index in [0.29, 0.717) is 5.75 Å². The molecule has 100 valence electrons. The van der Waals surface area contributed by atoms with Crippen LogP contribution in [-0.4, -0.2) is 28.9 Å². The zero-order valence-corrected chi connectivity index (χ0v) is 11.7. The van der Waals surface area contributed by atoms with Gasteiger partial charge in [0.05, 0.1) is 18.6 Å². The number of fused-ring (bicyclic) bond motifs is 1. The molecule has 1 heterocycles. The van der Waals surface area contributed by atoms with Gasteiger partial charge in [0.25, 0.3) is 0 Å². The van der Waals surface area contributed by atoms with Gasteiger partial charge >= 0.3 is 5.97 Å². The van der Waals surface area contributed by atoms with Crippen molar-refractivity contribution in [2.45, 2.75) is 18.4 Å². The summed E-state index contributed by atoms with van der Waals surface area (Å²) in [5.41, 5.74) is 1.93. The lowest BCUT2D eigenvalue weighted by Gasteiger charge is -2.09. The van der Waals surface area contributed by atoms with Gasteiger partial charge in [-0.1, -0.05) is 12.1 Å². The molecule has 0 saturated carbocycles. The fourth-order valence-electron chi connectivity index (χ4n) is 1.84. The number of methoxy groups -OCH3 is 1. The van der Waals surface area contributed by atoms with Crippen LogP contribution in [0.15, 0.2) is 29.3 Å². The van der Waals surface area contributed by atoms with Crippen molar-refractivity contribution in [1.29, 1.82) is 0 Å². The lowest BCUT2D eigenvalue weighted by atomic mass is 10.1. The molecule has 0 bridgehead atoms. The molecule has 0 aliphatic carbocycles. The van der Waals surface area contributed by atoms with Crippen LogP contribution in [0.3, 0.4) is 0 Å². The molecule has 0 aliphatic rings. The molecule has 0 amide bonds. The van der Waals surface area contributed by atoms with Crippen LogP contribution in [0.2, 0.25) is 0 Å². The average molecular weight is 277 g/mol. The molecule has 2 aromatic rings. The van der Waals surface area contributed by atoms with Crippen LogP contribution in [0.1, 0.15) is 12.0 Å². The number of aliphatic carboxylic acids is 1. The summed E-state index contributed by atoms with van der Waals surface area (Å²) >= 11 is 1.45. The Balaban J connectivity index is 2.34. The molecule has 1 aromatic carbocycles. The van der Waals surface area contributed by atoms with Crippen molar-refractivity contribution in [2.75, 3.05) is 12.9 Å². The molecule has 0 spiro atoms. The number of benzene rings is 1. The summed E-state index contributed by atoms with van der Waals surface area (Å²) in [6, 6.07) is 7.80. The number of ether oxygens (including phenoxy) is 1. The number of carbonyl (C=O) groups is 1. The number of hydrogen-bond donors (Lipinski definition) is 1. The molecule has 5 heteroatoms. The first-order valence-electron chi connectivity index (χ1n) is 5.91. The maximum absolute atomic E-state index is 10.5. The van der Waals surface area contributed by atoms with Gasteiger partial charge in [0.2, 0.25) is 0 Å². The third-order valence-corrected chi connectivity index (χ3v) is 3.68. The SMILES string of the molecule is COc1cccc2c(C)cc(SCCC(=O)O)nc12. The second-order valence-corrected chi connectivity index (χ2v) is 5.24. The van der Waals surface area contributed by atoms with Gasteiger partial charge in [-0.15, -0.1) is 11.8 Å². The number of rotatable bonds is 5. The highest BCUT2D eigenvalue weighted by atomic mass is 32.2. The maximum atomic E-state index is 10.5. The number of aryl methyl sites for hydroxylation is 1. The number of carboxylic acids is 1. The fourth-order valence-corrected chi connectivity index (χ4v) is 2.74. The first-order valence-corrected chi connectivity index (χ1v) is 6.89. The first-order chi connectivity index (χ1) is 9.11. The zero-order chi connectivity index (χ0) is 13.8. The van der Waals surface area contributed by atoms with E-state index in [1.165, 1.54) is 11.8 Å². The predicted molar refractivity (Wildman–Crippen MR) is 76.0 cm³/mol. The molecule has 0 radical (unpaired) electrons. The largest absolute Gasteiger partial charge is 0.494 e. The number of carboxylic acid groups (broad SMARTS) is 1. The predicted octanol–water partition coefficient (Wildman–Crippen LogP) is 3.12. The highest BCUT2D eigenvalue weighted by molar-refractivity contribution is 7.99. The Morgan fingerprint density at radius 1 is 1.47 bits per heavy atom. The monoisotopic (exact) mass is 277 g/mol. The zero-order valence-electron chi connectivity index (χ0n) is 10.8. The van der Waals surface area contributed by atoms with Crippen LogP contribution in [0.5, 0.6) is 5.75 Å². The molecule has 0 unspecified atom stereocenters. The van der Waals surface area contributed by atoms with Crippen molar-refractivity contribution in [2.24, 2.45) is 0 Å². The van der Waals surface area contributed by atoms with Crippen molar-refractivity contribution < 1.29 is 14.6 Å². The fraction of sp³-hybridized carbons (Fsp3) is 0.286. The molecule has 4 nitrogen and oxygen atoms in total. The summed E-state index contributed by atoms with van der Waals surface area (Å²) < 4.78 is 5.31.